The molecule has 0 amide bonds. The molecule has 3 aromatic rings. The number of fused-ring (bicyclic) bond motifs is 2. The highest BCUT2D eigenvalue weighted by Crippen LogP contribution is 2.29. The third-order valence-corrected chi connectivity index (χ3v) is 5.79. The molecule has 1 saturated heterocycles. The van der Waals surface area contributed by atoms with Gasteiger partial charge in [0.2, 0.25) is 0 Å². The van der Waals surface area contributed by atoms with Gasteiger partial charge in [0.25, 0.3) is 0 Å². The fourth-order valence-electron chi connectivity index (χ4n) is 4.14. The van der Waals surface area contributed by atoms with E-state index in [1.165, 1.54) is 6.42 Å². The Labute approximate surface area is 157 Å². The summed E-state index contributed by atoms with van der Waals surface area (Å²) in [5, 5.41) is 10.4. The van der Waals surface area contributed by atoms with E-state index in [1.807, 2.05) is 6.07 Å². The fourth-order valence-corrected chi connectivity index (χ4v) is 4.31. The van der Waals surface area contributed by atoms with Crippen molar-refractivity contribution in [3.8, 4) is 0 Å². The molecule has 2 aliphatic heterocycles. The molecule has 6 nitrogen and oxygen atoms in total. The second-order valence-corrected chi connectivity index (χ2v) is 7.71. The number of aromatic nitrogens is 5. The van der Waals surface area contributed by atoms with E-state index in [2.05, 4.69) is 36.8 Å². The number of nitrogens with zero attached hydrogens (tertiary/aromatic N) is 6. The highest BCUT2D eigenvalue weighted by atomic mass is 35.5. The number of piperidine rings is 1. The van der Waals surface area contributed by atoms with Crippen molar-refractivity contribution >= 4 is 22.6 Å². The standard InChI is InChI=1S/C19H21ClN6/c20-15-10-14-3-4-16(22-19(14)21-11-15)13-5-8-25(9-6-13)12-18-24-23-17-2-1-7-26(17)18/h3-4,10-11,13H,1-2,5-9,12H2. The first-order valence-electron chi connectivity index (χ1n) is 9.32. The lowest BCUT2D eigenvalue weighted by Crippen LogP contribution is -2.33. The third kappa shape index (κ3) is 2.97. The topological polar surface area (TPSA) is 59.7 Å². The van der Waals surface area contributed by atoms with Crippen molar-refractivity contribution in [3.05, 3.63) is 46.8 Å². The van der Waals surface area contributed by atoms with Crippen LogP contribution in [0.25, 0.3) is 11.0 Å². The Morgan fingerprint density at radius 2 is 2.00 bits per heavy atom. The molecule has 134 valence electrons. The summed E-state index contributed by atoms with van der Waals surface area (Å²) < 4.78 is 2.30. The molecule has 26 heavy (non-hydrogen) atoms. The summed E-state index contributed by atoms with van der Waals surface area (Å²) in [7, 11) is 0. The largest absolute Gasteiger partial charge is 0.314 e. The lowest BCUT2D eigenvalue weighted by molar-refractivity contribution is 0.196. The van der Waals surface area contributed by atoms with Crippen molar-refractivity contribution in [2.45, 2.75) is 44.7 Å². The molecule has 0 N–H and O–H groups in total. The Morgan fingerprint density at radius 3 is 2.88 bits per heavy atom. The van der Waals surface area contributed by atoms with Crippen LogP contribution in [0.3, 0.4) is 0 Å². The van der Waals surface area contributed by atoms with Crippen molar-refractivity contribution in [1.29, 1.82) is 0 Å². The van der Waals surface area contributed by atoms with E-state index in [9.17, 15) is 0 Å². The van der Waals surface area contributed by atoms with Gasteiger partial charge < -0.3 is 4.57 Å². The molecule has 0 unspecified atom stereocenters. The number of halogens is 1. The van der Waals surface area contributed by atoms with Gasteiger partial charge in [0.05, 0.1) is 11.6 Å². The number of rotatable bonds is 3. The fraction of sp³-hybridized carbons (Fsp3) is 0.474. The SMILES string of the molecule is Clc1cnc2nc(C3CCN(Cc4nnc5n4CCC5)CC3)ccc2c1. The van der Waals surface area contributed by atoms with E-state index >= 15 is 0 Å². The number of likely N-dealkylation sites (tertiary alicyclic amines) is 1. The van der Waals surface area contributed by atoms with Crippen LogP contribution in [-0.4, -0.2) is 42.7 Å². The van der Waals surface area contributed by atoms with Gasteiger partial charge in [0.15, 0.2) is 5.65 Å². The minimum atomic E-state index is 0.497. The van der Waals surface area contributed by atoms with Crippen LogP contribution in [0.5, 0.6) is 0 Å². The molecule has 0 atom stereocenters. The van der Waals surface area contributed by atoms with Gasteiger partial charge in [-0.05, 0) is 50.6 Å². The monoisotopic (exact) mass is 368 g/mol. The summed E-state index contributed by atoms with van der Waals surface area (Å²) in [4.78, 5) is 11.6. The Balaban J connectivity index is 1.26. The first-order valence-corrected chi connectivity index (χ1v) is 9.69. The molecule has 0 aliphatic carbocycles. The highest BCUT2D eigenvalue weighted by Gasteiger charge is 2.24. The molecular weight excluding hydrogens is 348 g/mol. The molecule has 0 saturated carbocycles. The molecule has 7 heteroatoms. The predicted octanol–water partition coefficient (Wildman–Crippen LogP) is 3.20. The van der Waals surface area contributed by atoms with Crippen LogP contribution in [0, 0.1) is 0 Å². The summed E-state index contributed by atoms with van der Waals surface area (Å²) in [6.07, 6.45) is 6.18. The molecular formula is C19H21ClN6. The maximum atomic E-state index is 6.01. The predicted molar refractivity (Wildman–Crippen MR) is 100 cm³/mol. The molecule has 2 aliphatic rings. The molecule has 1 fully saturated rings. The quantitative estimate of drug-likeness (QED) is 0.710. The average molecular weight is 369 g/mol. The molecule has 0 bridgehead atoms. The Hall–Kier alpha value is -2.05. The summed E-state index contributed by atoms with van der Waals surface area (Å²) >= 11 is 6.01. The van der Waals surface area contributed by atoms with Gasteiger partial charge in [0, 0.05) is 36.2 Å². The van der Waals surface area contributed by atoms with E-state index in [-0.39, 0.29) is 0 Å². The lowest BCUT2D eigenvalue weighted by atomic mass is 9.93. The maximum absolute atomic E-state index is 6.01. The van der Waals surface area contributed by atoms with Crippen molar-refractivity contribution in [3.63, 3.8) is 0 Å². The highest BCUT2D eigenvalue weighted by molar-refractivity contribution is 6.31. The molecule has 5 heterocycles. The van der Waals surface area contributed by atoms with E-state index in [0.717, 1.165) is 73.8 Å². The van der Waals surface area contributed by atoms with Crippen LogP contribution in [0.4, 0.5) is 0 Å². The molecule has 0 radical (unpaired) electrons. The summed E-state index contributed by atoms with van der Waals surface area (Å²) in [5.74, 6) is 2.78. The summed E-state index contributed by atoms with van der Waals surface area (Å²) in [5.41, 5.74) is 1.93. The summed E-state index contributed by atoms with van der Waals surface area (Å²) in [6.45, 7) is 4.12. The van der Waals surface area contributed by atoms with Gasteiger partial charge in [-0.2, -0.15) is 0 Å². The Bertz CT molecular complexity index is 944. The first-order chi connectivity index (χ1) is 12.8. The van der Waals surface area contributed by atoms with Crippen LogP contribution in [0.15, 0.2) is 24.4 Å². The Kier molecular flexibility index (Phi) is 4.10. The second kappa shape index (κ2) is 6.59. The number of hydrogen-bond acceptors (Lipinski definition) is 5. The smallest absolute Gasteiger partial charge is 0.159 e. The van der Waals surface area contributed by atoms with E-state index in [1.54, 1.807) is 6.20 Å². The van der Waals surface area contributed by atoms with Crippen molar-refractivity contribution < 1.29 is 0 Å². The van der Waals surface area contributed by atoms with Gasteiger partial charge >= 0.3 is 0 Å². The van der Waals surface area contributed by atoms with Crippen molar-refractivity contribution in [2.75, 3.05) is 13.1 Å². The molecule has 3 aromatic heterocycles. The van der Waals surface area contributed by atoms with Gasteiger partial charge in [-0.25, -0.2) is 9.97 Å². The van der Waals surface area contributed by atoms with E-state index in [0.29, 0.717) is 10.9 Å². The maximum Gasteiger partial charge on any atom is 0.159 e. The van der Waals surface area contributed by atoms with Crippen LogP contribution in [0.2, 0.25) is 5.02 Å². The van der Waals surface area contributed by atoms with E-state index in [4.69, 9.17) is 16.6 Å². The van der Waals surface area contributed by atoms with E-state index < -0.39 is 0 Å². The number of aryl methyl sites for hydroxylation is 1. The second-order valence-electron chi connectivity index (χ2n) is 7.27. The van der Waals surface area contributed by atoms with Crippen LogP contribution in [-0.2, 0) is 19.5 Å². The normalized spacial score (nSPS) is 18.5. The third-order valence-electron chi connectivity index (χ3n) is 5.59. The average Bonchev–Trinajstić information content (AvgIpc) is 3.27. The summed E-state index contributed by atoms with van der Waals surface area (Å²) in [6, 6.07) is 6.13. The van der Waals surface area contributed by atoms with Gasteiger partial charge in [0.1, 0.15) is 11.6 Å². The van der Waals surface area contributed by atoms with Crippen LogP contribution in [0.1, 0.15) is 42.5 Å². The van der Waals surface area contributed by atoms with Crippen molar-refractivity contribution in [2.24, 2.45) is 0 Å². The molecule has 5 rings (SSSR count). The van der Waals surface area contributed by atoms with Crippen LogP contribution < -0.4 is 0 Å². The zero-order valence-electron chi connectivity index (χ0n) is 14.6. The molecule has 0 spiro atoms. The lowest BCUT2D eigenvalue weighted by Gasteiger charge is -2.31. The number of pyridine rings is 2. The zero-order chi connectivity index (χ0) is 17.5. The first kappa shape index (κ1) is 16.1. The van der Waals surface area contributed by atoms with Gasteiger partial charge in [-0.1, -0.05) is 11.6 Å². The zero-order valence-corrected chi connectivity index (χ0v) is 15.4. The minimum Gasteiger partial charge on any atom is -0.314 e. The van der Waals surface area contributed by atoms with Crippen molar-refractivity contribution in [1.82, 2.24) is 29.6 Å². The van der Waals surface area contributed by atoms with Gasteiger partial charge in [-0.15, -0.1) is 10.2 Å². The minimum absolute atomic E-state index is 0.497. The molecule has 0 aromatic carbocycles. The van der Waals surface area contributed by atoms with Crippen LogP contribution >= 0.6 is 11.6 Å². The number of hydrogen-bond donors (Lipinski definition) is 0. The van der Waals surface area contributed by atoms with Gasteiger partial charge in [-0.3, -0.25) is 4.90 Å². The Morgan fingerprint density at radius 1 is 1.12 bits per heavy atom.